The largest absolute Gasteiger partial charge is 0.493 e. The van der Waals surface area contributed by atoms with Gasteiger partial charge in [-0.1, -0.05) is 48.0 Å². The summed E-state index contributed by atoms with van der Waals surface area (Å²) in [7, 11) is 0. The Bertz CT molecular complexity index is 1120. The number of thiophene rings is 1. The molecule has 0 aliphatic carbocycles. The molecule has 4 aromatic rings. The maximum absolute atomic E-state index is 12.6. The van der Waals surface area contributed by atoms with Gasteiger partial charge in [-0.3, -0.25) is 4.79 Å². The zero-order valence-electron chi connectivity index (χ0n) is 15.5. The van der Waals surface area contributed by atoms with Crippen LogP contribution in [0.3, 0.4) is 0 Å². The highest BCUT2D eigenvalue weighted by molar-refractivity contribution is 7.98. The standard InChI is InChI=1S/C22H20N2O2S2/c1-15-7-9-17(10-8-15)26-11-12-27-14-19-23-21(25)20-18(13-28-22(20)24-19)16-5-3-2-4-6-16/h2-10,13H,11-12,14H2,1H3,(H,23,24,25). The number of nitrogens with one attached hydrogen (secondary N) is 1. The maximum Gasteiger partial charge on any atom is 0.260 e. The summed E-state index contributed by atoms with van der Waals surface area (Å²) in [5.74, 6) is 3.07. The number of aromatic nitrogens is 2. The fraction of sp³-hybridized carbons (Fsp3) is 0.182. The first kappa shape index (κ1) is 18.8. The number of benzene rings is 2. The predicted molar refractivity (Wildman–Crippen MR) is 119 cm³/mol. The Morgan fingerprint density at radius 2 is 1.89 bits per heavy atom. The number of ether oxygens (including phenoxy) is 1. The highest BCUT2D eigenvalue weighted by Gasteiger charge is 2.12. The number of thioether (sulfide) groups is 1. The van der Waals surface area contributed by atoms with Gasteiger partial charge in [0.05, 0.1) is 17.7 Å². The van der Waals surface area contributed by atoms with Gasteiger partial charge in [-0.15, -0.1) is 11.3 Å². The van der Waals surface area contributed by atoms with Crippen LogP contribution in [0.4, 0.5) is 0 Å². The predicted octanol–water partition coefficient (Wildman–Crippen LogP) is 5.27. The highest BCUT2D eigenvalue weighted by Crippen LogP contribution is 2.30. The number of nitrogens with zero attached hydrogens (tertiary/aromatic N) is 1. The normalized spacial score (nSPS) is 11.0. The average molecular weight is 409 g/mol. The molecule has 0 spiro atoms. The van der Waals surface area contributed by atoms with Crippen LogP contribution >= 0.6 is 23.1 Å². The van der Waals surface area contributed by atoms with Crippen LogP contribution in [0.15, 0.2) is 64.8 Å². The van der Waals surface area contributed by atoms with Crippen molar-refractivity contribution in [1.82, 2.24) is 9.97 Å². The van der Waals surface area contributed by atoms with Gasteiger partial charge in [0.2, 0.25) is 0 Å². The number of rotatable bonds is 7. The SMILES string of the molecule is Cc1ccc(OCCSCc2nc3scc(-c4ccccc4)c3c(=O)[nH]2)cc1. The van der Waals surface area contributed by atoms with Crippen molar-refractivity contribution in [2.24, 2.45) is 0 Å². The Kier molecular flexibility index (Phi) is 5.78. The van der Waals surface area contributed by atoms with Crippen molar-refractivity contribution in [2.45, 2.75) is 12.7 Å². The smallest absolute Gasteiger partial charge is 0.260 e. The van der Waals surface area contributed by atoms with E-state index in [1.807, 2.05) is 60.0 Å². The molecule has 2 heterocycles. The Labute approximate surface area is 171 Å². The van der Waals surface area contributed by atoms with Crippen LogP contribution in [0.25, 0.3) is 21.3 Å². The summed E-state index contributed by atoms with van der Waals surface area (Å²) >= 11 is 3.21. The number of aryl methyl sites for hydroxylation is 1. The summed E-state index contributed by atoms with van der Waals surface area (Å²) in [6.45, 7) is 2.68. The molecule has 0 aliphatic heterocycles. The van der Waals surface area contributed by atoms with Crippen LogP contribution in [0.2, 0.25) is 0 Å². The van der Waals surface area contributed by atoms with E-state index in [0.29, 0.717) is 23.6 Å². The third-order valence-electron chi connectivity index (χ3n) is 4.33. The van der Waals surface area contributed by atoms with E-state index in [4.69, 9.17) is 4.74 Å². The van der Waals surface area contributed by atoms with Crippen molar-refractivity contribution in [2.75, 3.05) is 12.4 Å². The van der Waals surface area contributed by atoms with Gasteiger partial charge in [0.15, 0.2) is 0 Å². The monoisotopic (exact) mass is 408 g/mol. The molecular formula is C22H20N2O2S2. The lowest BCUT2D eigenvalue weighted by Gasteiger charge is -2.06. The first-order valence-electron chi connectivity index (χ1n) is 9.04. The first-order valence-corrected chi connectivity index (χ1v) is 11.1. The summed E-state index contributed by atoms with van der Waals surface area (Å²) in [4.78, 5) is 21.0. The molecule has 1 N–H and O–H groups in total. The van der Waals surface area contributed by atoms with Gasteiger partial charge >= 0.3 is 0 Å². The van der Waals surface area contributed by atoms with Crippen LogP contribution in [0.1, 0.15) is 11.4 Å². The summed E-state index contributed by atoms with van der Waals surface area (Å²) in [6.07, 6.45) is 0. The van der Waals surface area contributed by atoms with E-state index in [1.54, 1.807) is 11.8 Å². The molecule has 4 nitrogen and oxygen atoms in total. The van der Waals surface area contributed by atoms with Crippen molar-refractivity contribution < 1.29 is 4.74 Å². The van der Waals surface area contributed by atoms with E-state index in [2.05, 4.69) is 16.9 Å². The number of H-pyrrole nitrogens is 1. The molecule has 0 saturated carbocycles. The van der Waals surface area contributed by atoms with Gasteiger partial charge in [-0.05, 0) is 24.6 Å². The average Bonchev–Trinajstić information content (AvgIpc) is 3.14. The third kappa shape index (κ3) is 4.29. The molecule has 0 saturated heterocycles. The van der Waals surface area contributed by atoms with Crippen molar-refractivity contribution in [3.8, 4) is 16.9 Å². The Balaban J connectivity index is 1.38. The third-order valence-corrected chi connectivity index (χ3v) is 6.14. The molecular weight excluding hydrogens is 388 g/mol. The number of fused-ring (bicyclic) bond motifs is 1. The van der Waals surface area contributed by atoms with Gasteiger partial charge < -0.3 is 9.72 Å². The Morgan fingerprint density at radius 1 is 1.11 bits per heavy atom. The maximum atomic E-state index is 12.6. The number of hydrogen-bond donors (Lipinski definition) is 1. The molecule has 0 radical (unpaired) electrons. The van der Waals surface area contributed by atoms with Crippen molar-refractivity contribution in [3.63, 3.8) is 0 Å². The molecule has 28 heavy (non-hydrogen) atoms. The molecule has 142 valence electrons. The summed E-state index contributed by atoms with van der Waals surface area (Å²) in [6, 6.07) is 18.0. The lowest BCUT2D eigenvalue weighted by atomic mass is 10.1. The van der Waals surface area contributed by atoms with E-state index in [-0.39, 0.29) is 5.56 Å². The zero-order chi connectivity index (χ0) is 19.3. The van der Waals surface area contributed by atoms with E-state index in [1.165, 1.54) is 16.9 Å². The Morgan fingerprint density at radius 3 is 2.68 bits per heavy atom. The molecule has 2 aromatic heterocycles. The minimum absolute atomic E-state index is 0.0726. The van der Waals surface area contributed by atoms with E-state index < -0.39 is 0 Å². The van der Waals surface area contributed by atoms with Gasteiger partial charge in [0, 0.05) is 16.7 Å². The van der Waals surface area contributed by atoms with Gasteiger partial charge in [0.25, 0.3) is 5.56 Å². The number of aromatic amines is 1. The summed E-state index contributed by atoms with van der Waals surface area (Å²) in [5.41, 5.74) is 3.13. The molecule has 0 atom stereocenters. The minimum Gasteiger partial charge on any atom is -0.493 e. The molecule has 0 aliphatic rings. The molecule has 0 amide bonds. The first-order chi connectivity index (χ1) is 13.7. The molecule has 0 fully saturated rings. The van der Waals surface area contributed by atoms with Crippen LogP contribution in [0, 0.1) is 6.92 Å². The minimum atomic E-state index is -0.0726. The second kappa shape index (κ2) is 8.63. The fourth-order valence-electron chi connectivity index (χ4n) is 2.91. The van der Waals surface area contributed by atoms with E-state index >= 15 is 0 Å². The fourth-order valence-corrected chi connectivity index (χ4v) is 4.56. The van der Waals surface area contributed by atoms with Crippen LogP contribution in [-0.4, -0.2) is 22.3 Å². The molecule has 0 bridgehead atoms. The van der Waals surface area contributed by atoms with Crippen molar-refractivity contribution in [1.29, 1.82) is 0 Å². The lowest BCUT2D eigenvalue weighted by Crippen LogP contribution is -2.11. The van der Waals surface area contributed by atoms with E-state index in [0.717, 1.165) is 27.5 Å². The van der Waals surface area contributed by atoms with Gasteiger partial charge in [-0.25, -0.2) is 4.98 Å². The molecule has 6 heteroatoms. The quantitative estimate of drug-likeness (QED) is 0.423. The van der Waals surface area contributed by atoms with Crippen molar-refractivity contribution >= 4 is 33.3 Å². The lowest BCUT2D eigenvalue weighted by molar-refractivity contribution is 0.344. The van der Waals surface area contributed by atoms with Gasteiger partial charge in [0.1, 0.15) is 16.4 Å². The number of hydrogen-bond acceptors (Lipinski definition) is 5. The molecule has 0 unspecified atom stereocenters. The highest BCUT2D eigenvalue weighted by atomic mass is 32.2. The van der Waals surface area contributed by atoms with Crippen LogP contribution in [-0.2, 0) is 5.75 Å². The Hall–Kier alpha value is -2.57. The topological polar surface area (TPSA) is 55.0 Å². The second-order valence-electron chi connectivity index (χ2n) is 6.42. The molecule has 4 rings (SSSR count). The molecule has 2 aromatic carbocycles. The zero-order valence-corrected chi connectivity index (χ0v) is 17.1. The second-order valence-corrected chi connectivity index (χ2v) is 8.39. The van der Waals surface area contributed by atoms with E-state index in [9.17, 15) is 4.79 Å². The summed E-state index contributed by atoms with van der Waals surface area (Å²) < 4.78 is 5.73. The van der Waals surface area contributed by atoms with Crippen LogP contribution in [0.5, 0.6) is 5.75 Å². The van der Waals surface area contributed by atoms with Gasteiger partial charge in [-0.2, -0.15) is 11.8 Å². The van der Waals surface area contributed by atoms with Crippen LogP contribution < -0.4 is 10.3 Å². The van der Waals surface area contributed by atoms with Crippen molar-refractivity contribution in [3.05, 3.63) is 81.7 Å². The summed E-state index contributed by atoms with van der Waals surface area (Å²) in [5, 5.41) is 2.68.